The van der Waals surface area contributed by atoms with Crippen LogP contribution in [0.4, 0.5) is 0 Å². The summed E-state index contributed by atoms with van der Waals surface area (Å²) >= 11 is 0. The predicted molar refractivity (Wildman–Crippen MR) is 150 cm³/mol. The lowest BCUT2D eigenvalue weighted by molar-refractivity contribution is -0.141. The number of nitrogens with one attached hydrogen (secondary N) is 1. The van der Waals surface area contributed by atoms with Gasteiger partial charge in [0, 0.05) is 18.2 Å². The average molecular weight is 508 g/mol. The molecule has 196 valence electrons. The summed E-state index contributed by atoms with van der Waals surface area (Å²) in [7, 11) is -1.06. The summed E-state index contributed by atoms with van der Waals surface area (Å²) in [6.45, 7) is 10.2. The van der Waals surface area contributed by atoms with Gasteiger partial charge in [0.15, 0.2) is 0 Å². The van der Waals surface area contributed by atoms with Crippen molar-refractivity contribution in [2.45, 2.75) is 89.3 Å². The van der Waals surface area contributed by atoms with Gasteiger partial charge < -0.3 is 14.5 Å². The Morgan fingerprint density at radius 1 is 1.00 bits per heavy atom. The summed E-state index contributed by atoms with van der Waals surface area (Å²) in [5, 5.41) is 6.63. The zero-order valence-corrected chi connectivity index (χ0v) is 23.9. The highest BCUT2D eigenvalue weighted by molar-refractivity contribution is 6.99. The van der Waals surface area contributed by atoms with Crippen LogP contribution in [0.25, 0.3) is 0 Å². The number of hydrogen-bond acceptors (Lipinski definition) is 4. The zero-order chi connectivity index (χ0) is 25.8. The van der Waals surface area contributed by atoms with Crippen LogP contribution in [-0.4, -0.2) is 39.6 Å². The highest BCUT2D eigenvalue weighted by atomic mass is 28.4. The van der Waals surface area contributed by atoms with Gasteiger partial charge in [-0.3, -0.25) is 4.79 Å². The smallest absolute Gasteiger partial charge is 0.307 e. The molecule has 1 saturated carbocycles. The second kappa shape index (κ2) is 11.2. The molecule has 2 aliphatic rings. The summed E-state index contributed by atoms with van der Waals surface area (Å²) in [5.41, 5.74) is 0.116. The third-order valence-corrected chi connectivity index (χ3v) is 13.8. The van der Waals surface area contributed by atoms with Crippen molar-refractivity contribution in [1.82, 2.24) is 5.32 Å². The largest absolute Gasteiger partial charge is 0.469 e. The maximum Gasteiger partial charge on any atom is 0.307 e. The van der Waals surface area contributed by atoms with Gasteiger partial charge in [-0.25, -0.2) is 0 Å². The van der Waals surface area contributed by atoms with Gasteiger partial charge in [-0.05, 0) is 52.9 Å². The SMILES string of the molecule is COC(=O)C[C@H]1CCC[C@]2(CCC[C@@H]2[C@@H](C)CO[Si](c2ccccc2)(c2ccccc2)C(C)(C)C)N1. The number of carbonyl (C=O) groups is 1. The Morgan fingerprint density at radius 3 is 2.08 bits per heavy atom. The van der Waals surface area contributed by atoms with Crippen molar-refractivity contribution in [2.24, 2.45) is 11.8 Å². The van der Waals surface area contributed by atoms with Crippen LogP contribution in [-0.2, 0) is 14.0 Å². The molecule has 0 unspecified atom stereocenters. The quantitative estimate of drug-likeness (QED) is 0.382. The predicted octanol–water partition coefficient (Wildman–Crippen LogP) is 5.44. The normalized spacial score (nSPS) is 25.6. The molecule has 1 aliphatic heterocycles. The first-order chi connectivity index (χ1) is 17.2. The Bertz CT molecular complexity index is 950. The molecule has 1 N–H and O–H groups in total. The van der Waals surface area contributed by atoms with E-state index in [0.717, 1.165) is 13.0 Å². The average Bonchev–Trinajstić information content (AvgIpc) is 3.27. The Hall–Kier alpha value is -1.95. The molecule has 0 amide bonds. The molecule has 1 aliphatic carbocycles. The number of carbonyl (C=O) groups excluding carboxylic acids is 1. The monoisotopic (exact) mass is 507 g/mol. The number of rotatable bonds is 8. The molecule has 2 aromatic carbocycles. The fourth-order valence-electron chi connectivity index (χ4n) is 7.20. The highest BCUT2D eigenvalue weighted by Crippen LogP contribution is 2.47. The van der Waals surface area contributed by atoms with Crippen molar-refractivity contribution in [3.63, 3.8) is 0 Å². The topological polar surface area (TPSA) is 47.6 Å². The molecule has 5 heteroatoms. The molecule has 1 saturated heterocycles. The fraction of sp³-hybridized carbons (Fsp3) is 0.581. The molecule has 1 heterocycles. The molecular formula is C31H45NO3Si. The molecule has 0 bridgehead atoms. The Labute approximate surface area is 219 Å². The fourth-order valence-corrected chi connectivity index (χ4v) is 11.9. The molecule has 4 rings (SSSR count). The van der Waals surface area contributed by atoms with Crippen molar-refractivity contribution < 1.29 is 14.0 Å². The maximum absolute atomic E-state index is 12.0. The Balaban J connectivity index is 1.59. The lowest BCUT2D eigenvalue weighted by Gasteiger charge is -2.47. The third-order valence-electron chi connectivity index (χ3n) is 8.82. The molecule has 36 heavy (non-hydrogen) atoms. The van der Waals surface area contributed by atoms with Gasteiger partial charge in [-0.1, -0.05) is 101 Å². The van der Waals surface area contributed by atoms with Crippen molar-refractivity contribution in [3.8, 4) is 0 Å². The van der Waals surface area contributed by atoms with Crippen LogP contribution in [0.3, 0.4) is 0 Å². The molecule has 2 aromatic rings. The van der Waals surface area contributed by atoms with E-state index in [1.165, 1.54) is 49.6 Å². The summed E-state index contributed by atoms with van der Waals surface area (Å²) in [4.78, 5) is 12.0. The molecule has 4 nitrogen and oxygen atoms in total. The Kier molecular flexibility index (Phi) is 8.43. The van der Waals surface area contributed by atoms with E-state index >= 15 is 0 Å². The minimum Gasteiger partial charge on any atom is -0.469 e. The van der Waals surface area contributed by atoms with E-state index in [-0.39, 0.29) is 22.6 Å². The minimum absolute atomic E-state index is 0.0164. The molecule has 1 spiro atoms. The van der Waals surface area contributed by atoms with Crippen molar-refractivity contribution in [2.75, 3.05) is 13.7 Å². The van der Waals surface area contributed by atoms with E-state index < -0.39 is 8.32 Å². The van der Waals surface area contributed by atoms with Crippen molar-refractivity contribution in [3.05, 3.63) is 60.7 Å². The van der Waals surface area contributed by atoms with Gasteiger partial charge in [0.05, 0.1) is 13.5 Å². The third kappa shape index (κ3) is 5.34. The van der Waals surface area contributed by atoms with Crippen LogP contribution < -0.4 is 15.7 Å². The summed E-state index contributed by atoms with van der Waals surface area (Å²) in [5.74, 6) is 0.872. The maximum atomic E-state index is 12.0. The lowest BCUT2D eigenvalue weighted by Crippen LogP contribution is -2.67. The zero-order valence-electron chi connectivity index (χ0n) is 22.9. The highest BCUT2D eigenvalue weighted by Gasteiger charge is 2.52. The van der Waals surface area contributed by atoms with Gasteiger partial charge in [-0.2, -0.15) is 0 Å². The molecular weight excluding hydrogens is 462 g/mol. The first-order valence-corrected chi connectivity index (χ1v) is 15.7. The van der Waals surface area contributed by atoms with Crippen LogP contribution in [0, 0.1) is 11.8 Å². The second-order valence-corrected chi connectivity index (χ2v) is 16.4. The summed E-state index contributed by atoms with van der Waals surface area (Å²) < 4.78 is 12.3. The molecule has 0 aromatic heterocycles. The van der Waals surface area contributed by atoms with E-state index in [2.05, 4.69) is 93.7 Å². The second-order valence-electron chi connectivity index (χ2n) is 12.1. The van der Waals surface area contributed by atoms with E-state index in [4.69, 9.17) is 9.16 Å². The standard InChI is InChI=1S/C31H45NO3Si/c1-24(28-19-13-21-31(28)20-12-14-25(32-31)22-29(33)34-5)23-35-36(30(2,3)4,26-15-8-6-9-16-26)27-17-10-7-11-18-27/h6-11,15-18,24-25,28,32H,12-14,19-23H2,1-5H3/t24-,25+,28+,31+/m0/s1. The van der Waals surface area contributed by atoms with Gasteiger partial charge >= 0.3 is 5.97 Å². The number of esters is 1. The van der Waals surface area contributed by atoms with Crippen LogP contribution >= 0.6 is 0 Å². The van der Waals surface area contributed by atoms with Crippen LogP contribution in [0.2, 0.25) is 5.04 Å². The summed E-state index contributed by atoms with van der Waals surface area (Å²) in [6, 6.07) is 22.1. The van der Waals surface area contributed by atoms with Gasteiger partial charge in [0.2, 0.25) is 0 Å². The van der Waals surface area contributed by atoms with Gasteiger partial charge in [0.25, 0.3) is 8.32 Å². The number of benzene rings is 2. The van der Waals surface area contributed by atoms with Gasteiger partial charge in [-0.15, -0.1) is 0 Å². The van der Waals surface area contributed by atoms with Gasteiger partial charge in [0.1, 0.15) is 0 Å². The molecule has 2 fully saturated rings. The van der Waals surface area contributed by atoms with Crippen molar-refractivity contribution >= 4 is 24.7 Å². The van der Waals surface area contributed by atoms with E-state index in [1.54, 1.807) is 0 Å². The van der Waals surface area contributed by atoms with E-state index in [0.29, 0.717) is 18.3 Å². The summed E-state index contributed by atoms with van der Waals surface area (Å²) in [6.07, 6.45) is 7.55. The first kappa shape index (κ1) is 27.1. The van der Waals surface area contributed by atoms with Crippen LogP contribution in [0.5, 0.6) is 0 Å². The molecule has 4 atom stereocenters. The number of piperidine rings is 1. The molecule has 0 radical (unpaired) electrons. The van der Waals surface area contributed by atoms with E-state index in [1.807, 2.05) is 0 Å². The van der Waals surface area contributed by atoms with Crippen LogP contribution in [0.15, 0.2) is 60.7 Å². The first-order valence-electron chi connectivity index (χ1n) is 13.8. The van der Waals surface area contributed by atoms with E-state index in [9.17, 15) is 4.79 Å². The lowest BCUT2D eigenvalue weighted by atomic mass is 9.73. The van der Waals surface area contributed by atoms with Crippen molar-refractivity contribution in [1.29, 1.82) is 0 Å². The Morgan fingerprint density at radius 2 is 1.56 bits per heavy atom. The number of ether oxygens (including phenoxy) is 1. The number of hydrogen-bond donors (Lipinski definition) is 1. The van der Waals surface area contributed by atoms with Crippen LogP contribution in [0.1, 0.15) is 72.6 Å². The number of methoxy groups -OCH3 is 1. The minimum atomic E-state index is -2.55.